The summed E-state index contributed by atoms with van der Waals surface area (Å²) < 4.78 is 29.8. The van der Waals surface area contributed by atoms with Gasteiger partial charge in [0.05, 0.1) is 12.1 Å². The second-order valence-corrected chi connectivity index (χ2v) is 5.17. The third-order valence-electron chi connectivity index (χ3n) is 2.60. The topological polar surface area (TPSA) is 55.4 Å². The fourth-order valence-electron chi connectivity index (χ4n) is 1.72. The highest BCUT2D eigenvalue weighted by Crippen LogP contribution is 2.28. The van der Waals surface area contributed by atoms with Crippen LogP contribution in [0.3, 0.4) is 0 Å². The molecule has 1 heterocycles. The van der Waals surface area contributed by atoms with Gasteiger partial charge in [0.25, 0.3) is 0 Å². The van der Waals surface area contributed by atoms with Crippen molar-refractivity contribution in [1.82, 2.24) is 4.72 Å². The average molecular weight is 227 g/mol. The Labute approximate surface area is 89.5 Å². The first-order valence-electron chi connectivity index (χ1n) is 4.76. The SMILES string of the molecule is CC1(c2ccccc2)CCOS(=O)(=O)N1. The van der Waals surface area contributed by atoms with E-state index in [9.17, 15) is 8.42 Å². The largest absolute Gasteiger partial charge is 0.336 e. The summed E-state index contributed by atoms with van der Waals surface area (Å²) in [7, 11) is -3.59. The molecular weight excluding hydrogens is 214 g/mol. The Morgan fingerprint density at radius 3 is 2.60 bits per heavy atom. The van der Waals surface area contributed by atoms with Gasteiger partial charge in [-0.05, 0) is 18.9 Å². The van der Waals surface area contributed by atoms with Crippen LogP contribution in [-0.2, 0) is 20.0 Å². The van der Waals surface area contributed by atoms with Crippen molar-refractivity contribution in [3.8, 4) is 0 Å². The van der Waals surface area contributed by atoms with Crippen molar-refractivity contribution in [2.75, 3.05) is 6.61 Å². The second-order valence-electron chi connectivity index (χ2n) is 3.83. The lowest BCUT2D eigenvalue weighted by atomic mass is 9.90. The summed E-state index contributed by atoms with van der Waals surface area (Å²) in [5.41, 5.74) is 0.398. The standard InChI is InChI=1S/C10H13NO3S/c1-10(9-5-3-2-4-6-9)7-8-14-15(12,13)11-10/h2-6,11H,7-8H2,1H3. The van der Waals surface area contributed by atoms with Crippen molar-refractivity contribution in [2.45, 2.75) is 18.9 Å². The van der Waals surface area contributed by atoms with E-state index < -0.39 is 15.8 Å². The molecule has 2 rings (SSSR count). The van der Waals surface area contributed by atoms with Crippen LogP contribution >= 0.6 is 0 Å². The molecule has 0 spiro atoms. The molecule has 1 aliphatic rings. The summed E-state index contributed by atoms with van der Waals surface area (Å²) in [6, 6.07) is 9.51. The van der Waals surface area contributed by atoms with E-state index in [-0.39, 0.29) is 6.61 Å². The van der Waals surface area contributed by atoms with Crippen molar-refractivity contribution in [3.63, 3.8) is 0 Å². The predicted molar refractivity (Wildman–Crippen MR) is 56.4 cm³/mol. The zero-order valence-corrected chi connectivity index (χ0v) is 9.25. The fourth-order valence-corrected chi connectivity index (χ4v) is 2.85. The number of hydrogen-bond donors (Lipinski definition) is 1. The van der Waals surface area contributed by atoms with Crippen molar-refractivity contribution in [1.29, 1.82) is 0 Å². The third kappa shape index (κ3) is 2.19. The third-order valence-corrected chi connectivity index (χ3v) is 3.78. The average Bonchev–Trinajstić information content (AvgIpc) is 2.17. The number of benzene rings is 1. The lowest BCUT2D eigenvalue weighted by molar-refractivity contribution is 0.211. The maximum atomic E-state index is 11.3. The lowest BCUT2D eigenvalue weighted by Gasteiger charge is -2.34. The molecule has 82 valence electrons. The van der Waals surface area contributed by atoms with Crippen molar-refractivity contribution in [2.24, 2.45) is 0 Å². The fraction of sp³-hybridized carbons (Fsp3) is 0.400. The quantitative estimate of drug-likeness (QED) is 0.783. The minimum atomic E-state index is -3.59. The summed E-state index contributed by atoms with van der Waals surface area (Å²) in [4.78, 5) is 0. The zero-order chi connectivity index (χ0) is 10.9. The van der Waals surface area contributed by atoms with Gasteiger partial charge in [0.1, 0.15) is 0 Å². The maximum Gasteiger partial charge on any atom is 0.336 e. The van der Waals surface area contributed by atoms with Crippen LogP contribution in [0, 0.1) is 0 Å². The van der Waals surface area contributed by atoms with E-state index in [1.165, 1.54) is 0 Å². The van der Waals surface area contributed by atoms with E-state index >= 15 is 0 Å². The second kappa shape index (κ2) is 3.59. The molecule has 1 N–H and O–H groups in total. The molecule has 0 amide bonds. The molecule has 1 unspecified atom stereocenters. The van der Waals surface area contributed by atoms with Crippen LogP contribution in [0.5, 0.6) is 0 Å². The van der Waals surface area contributed by atoms with Crippen LogP contribution in [0.1, 0.15) is 18.9 Å². The minimum Gasteiger partial charge on any atom is -0.258 e. The first-order valence-corrected chi connectivity index (χ1v) is 6.17. The van der Waals surface area contributed by atoms with Gasteiger partial charge in [0.15, 0.2) is 0 Å². The Hall–Kier alpha value is -0.910. The van der Waals surface area contributed by atoms with E-state index in [0.29, 0.717) is 6.42 Å². The Morgan fingerprint density at radius 1 is 1.33 bits per heavy atom. The van der Waals surface area contributed by atoms with Gasteiger partial charge >= 0.3 is 10.3 Å². The molecular formula is C10H13NO3S. The monoisotopic (exact) mass is 227 g/mol. The Balaban J connectivity index is 2.35. The number of nitrogens with one attached hydrogen (secondary N) is 1. The van der Waals surface area contributed by atoms with E-state index in [4.69, 9.17) is 0 Å². The normalized spacial score (nSPS) is 29.9. The molecule has 0 aromatic heterocycles. The smallest absolute Gasteiger partial charge is 0.258 e. The number of rotatable bonds is 1. The highest BCUT2D eigenvalue weighted by molar-refractivity contribution is 7.84. The number of hydrogen-bond acceptors (Lipinski definition) is 3. The van der Waals surface area contributed by atoms with Crippen LogP contribution in [0.15, 0.2) is 30.3 Å². The zero-order valence-electron chi connectivity index (χ0n) is 8.43. The van der Waals surface area contributed by atoms with Crippen LogP contribution in [0.25, 0.3) is 0 Å². The first-order chi connectivity index (χ1) is 7.02. The summed E-state index contributed by atoms with van der Waals surface area (Å²) in [6.45, 7) is 2.09. The van der Waals surface area contributed by atoms with E-state index in [2.05, 4.69) is 8.91 Å². The Kier molecular flexibility index (Phi) is 2.54. The van der Waals surface area contributed by atoms with Gasteiger partial charge in [0, 0.05) is 0 Å². The predicted octanol–water partition coefficient (Wildman–Crippen LogP) is 1.16. The van der Waals surface area contributed by atoms with Gasteiger partial charge < -0.3 is 0 Å². The summed E-state index contributed by atoms with van der Waals surface area (Å²) >= 11 is 0. The van der Waals surface area contributed by atoms with Crippen LogP contribution < -0.4 is 4.72 Å². The van der Waals surface area contributed by atoms with Gasteiger partial charge in [-0.3, -0.25) is 4.18 Å². The van der Waals surface area contributed by atoms with Crippen LogP contribution in [-0.4, -0.2) is 15.0 Å². The highest BCUT2D eigenvalue weighted by atomic mass is 32.2. The van der Waals surface area contributed by atoms with E-state index in [0.717, 1.165) is 5.56 Å². The van der Waals surface area contributed by atoms with Gasteiger partial charge in [-0.25, -0.2) is 0 Å². The molecule has 0 saturated carbocycles. The Morgan fingerprint density at radius 2 is 2.00 bits per heavy atom. The summed E-state index contributed by atoms with van der Waals surface area (Å²) in [5, 5.41) is 0. The van der Waals surface area contributed by atoms with Crippen LogP contribution in [0.2, 0.25) is 0 Å². The van der Waals surface area contributed by atoms with Gasteiger partial charge in [-0.15, -0.1) is 0 Å². The molecule has 0 aliphatic carbocycles. The van der Waals surface area contributed by atoms with Crippen molar-refractivity contribution >= 4 is 10.3 Å². The van der Waals surface area contributed by atoms with Crippen molar-refractivity contribution in [3.05, 3.63) is 35.9 Å². The molecule has 1 aromatic rings. The van der Waals surface area contributed by atoms with Gasteiger partial charge in [-0.1, -0.05) is 30.3 Å². The minimum absolute atomic E-state index is 0.223. The van der Waals surface area contributed by atoms with Gasteiger partial charge in [-0.2, -0.15) is 13.1 Å². The molecule has 1 aliphatic heterocycles. The molecule has 1 aromatic carbocycles. The summed E-state index contributed by atoms with van der Waals surface area (Å²) in [6.07, 6.45) is 0.635. The van der Waals surface area contributed by atoms with Gasteiger partial charge in [0.2, 0.25) is 0 Å². The van der Waals surface area contributed by atoms with Crippen LogP contribution in [0.4, 0.5) is 0 Å². The molecule has 0 bridgehead atoms. The summed E-state index contributed by atoms with van der Waals surface area (Å²) in [5.74, 6) is 0. The highest BCUT2D eigenvalue weighted by Gasteiger charge is 2.36. The van der Waals surface area contributed by atoms with E-state index in [1.54, 1.807) is 0 Å². The molecule has 15 heavy (non-hydrogen) atoms. The Bertz CT molecular complexity index is 443. The first kappa shape index (κ1) is 10.6. The van der Waals surface area contributed by atoms with E-state index in [1.807, 2.05) is 37.3 Å². The maximum absolute atomic E-state index is 11.3. The van der Waals surface area contributed by atoms with Crippen molar-refractivity contribution < 1.29 is 12.6 Å². The molecule has 4 nitrogen and oxygen atoms in total. The molecule has 1 saturated heterocycles. The molecule has 1 fully saturated rings. The molecule has 5 heteroatoms. The molecule has 0 radical (unpaired) electrons. The lowest BCUT2D eigenvalue weighted by Crippen LogP contribution is -2.48. The molecule has 1 atom stereocenters.